The first-order valence-corrected chi connectivity index (χ1v) is 7.28. The zero-order valence-corrected chi connectivity index (χ0v) is 11.6. The lowest BCUT2D eigenvalue weighted by molar-refractivity contribution is 0.411. The van der Waals surface area contributed by atoms with Crippen molar-refractivity contribution < 1.29 is 4.74 Å². The van der Waals surface area contributed by atoms with Gasteiger partial charge in [0.1, 0.15) is 5.75 Å². The quantitative estimate of drug-likeness (QED) is 0.885. The van der Waals surface area contributed by atoms with Crippen molar-refractivity contribution in [2.24, 2.45) is 0 Å². The minimum absolute atomic E-state index is 0.599. The number of nitrogens with one attached hydrogen (secondary N) is 1. The molecule has 1 aliphatic heterocycles. The summed E-state index contributed by atoms with van der Waals surface area (Å²) in [4.78, 5) is 0. The lowest BCUT2D eigenvalue weighted by Gasteiger charge is -2.30. The topological polar surface area (TPSA) is 21.3 Å². The molecule has 2 nitrogen and oxygen atoms in total. The highest BCUT2D eigenvalue weighted by Crippen LogP contribution is 2.29. The molecule has 0 bridgehead atoms. The van der Waals surface area contributed by atoms with Crippen LogP contribution in [0, 0.1) is 6.92 Å². The van der Waals surface area contributed by atoms with E-state index in [4.69, 9.17) is 4.74 Å². The van der Waals surface area contributed by atoms with Crippen LogP contribution in [-0.4, -0.2) is 24.2 Å². The van der Waals surface area contributed by atoms with Gasteiger partial charge in [0.15, 0.2) is 0 Å². The molecule has 0 aliphatic carbocycles. The van der Waals surface area contributed by atoms with Crippen LogP contribution in [0.25, 0.3) is 0 Å². The van der Waals surface area contributed by atoms with Crippen molar-refractivity contribution >= 4 is 17.4 Å². The van der Waals surface area contributed by atoms with E-state index in [9.17, 15) is 0 Å². The highest BCUT2D eigenvalue weighted by atomic mass is 32.2. The molecule has 2 atom stereocenters. The maximum absolute atomic E-state index is 5.28. The third-order valence-electron chi connectivity index (χ3n) is 3.35. The Hall–Kier alpha value is -0.830. The molecule has 0 radical (unpaired) electrons. The van der Waals surface area contributed by atoms with Crippen molar-refractivity contribution in [3.8, 4) is 5.75 Å². The van der Waals surface area contributed by atoms with Gasteiger partial charge >= 0.3 is 0 Å². The third kappa shape index (κ3) is 3.09. The van der Waals surface area contributed by atoms with Gasteiger partial charge in [-0.3, -0.25) is 0 Å². The standard InChI is InChI=1S/C14H21NOS/c1-10-9-12(6-7-14(10)16-3)15-13-5-4-8-17-11(13)2/h6-7,9,11,13,15H,4-5,8H2,1-3H3. The van der Waals surface area contributed by atoms with Crippen LogP contribution in [0.3, 0.4) is 0 Å². The summed E-state index contributed by atoms with van der Waals surface area (Å²) in [5.41, 5.74) is 2.40. The van der Waals surface area contributed by atoms with Gasteiger partial charge in [0.2, 0.25) is 0 Å². The Kier molecular flexibility index (Phi) is 4.21. The van der Waals surface area contributed by atoms with Gasteiger partial charge in [0, 0.05) is 17.0 Å². The van der Waals surface area contributed by atoms with Crippen molar-refractivity contribution in [2.75, 3.05) is 18.2 Å². The number of anilines is 1. The molecule has 1 heterocycles. The number of hydrogen-bond acceptors (Lipinski definition) is 3. The molecule has 0 amide bonds. The smallest absolute Gasteiger partial charge is 0.121 e. The largest absolute Gasteiger partial charge is 0.496 e. The van der Waals surface area contributed by atoms with E-state index >= 15 is 0 Å². The second-order valence-corrected chi connectivity index (χ2v) is 6.14. The number of methoxy groups -OCH3 is 1. The highest BCUT2D eigenvalue weighted by molar-refractivity contribution is 8.00. The summed E-state index contributed by atoms with van der Waals surface area (Å²) in [6.07, 6.45) is 2.60. The molecule has 1 aromatic carbocycles. The summed E-state index contributed by atoms with van der Waals surface area (Å²) in [6.45, 7) is 4.40. The summed E-state index contributed by atoms with van der Waals surface area (Å²) in [7, 11) is 1.72. The fourth-order valence-electron chi connectivity index (χ4n) is 2.30. The summed E-state index contributed by atoms with van der Waals surface area (Å²) in [6, 6.07) is 6.92. The first-order valence-electron chi connectivity index (χ1n) is 6.23. The molecule has 1 saturated heterocycles. The second-order valence-electron chi connectivity index (χ2n) is 4.65. The van der Waals surface area contributed by atoms with E-state index in [-0.39, 0.29) is 0 Å². The van der Waals surface area contributed by atoms with Crippen LogP contribution in [0.4, 0.5) is 5.69 Å². The molecule has 17 heavy (non-hydrogen) atoms. The number of aryl methyl sites for hydroxylation is 1. The minimum Gasteiger partial charge on any atom is -0.496 e. The van der Waals surface area contributed by atoms with Crippen molar-refractivity contribution in [3.05, 3.63) is 23.8 Å². The molecule has 94 valence electrons. The van der Waals surface area contributed by atoms with Crippen molar-refractivity contribution in [1.29, 1.82) is 0 Å². The van der Waals surface area contributed by atoms with E-state index in [1.165, 1.54) is 29.8 Å². The second kappa shape index (κ2) is 5.67. The molecule has 0 aromatic heterocycles. The van der Waals surface area contributed by atoms with E-state index in [0.29, 0.717) is 11.3 Å². The van der Waals surface area contributed by atoms with E-state index in [1.54, 1.807) is 7.11 Å². The van der Waals surface area contributed by atoms with Gasteiger partial charge in [-0.15, -0.1) is 0 Å². The lowest BCUT2D eigenvalue weighted by atomic mass is 10.1. The Bertz CT molecular complexity index is 380. The average Bonchev–Trinajstić information content (AvgIpc) is 2.32. The normalized spacial score (nSPS) is 24.4. The van der Waals surface area contributed by atoms with Crippen LogP contribution in [0.1, 0.15) is 25.3 Å². The van der Waals surface area contributed by atoms with E-state index in [0.717, 1.165) is 5.75 Å². The SMILES string of the molecule is COc1ccc(NC2CCCSC2C)cc1C. The maximum Gasteiger partial charge on any atom is 0.121 e. The molecule has 0 saturated carbocycles. The van der Waals surface area contributed by atoms with Crippen molar-refractivity contribution in [1.82, 2.24) is 0 Å². The Morgan fingerprint density at radius 3 is 2.88 bits per heavy atom. The predicted octanol–water partition coefficient (Wildman–Crippen LogP) is 3.70. The number of thioether (sulfide) groups is 1. The Morgan fingerprint density at radius 2 is 2.24 bits per heavy atom. The molecule has 0 spiro atoms. The monoisotopic (exact) mass is 251 g/mol. The van der Waals surface area contributed by atoms with Gasteiger partial charge in [0.05, 0.1) is 7.11 Å². The zero-order valence-electron chi connectivity index (χ0n) is 10.8. The molecule has 1 fully saturated rings. The number of hydrogen-bond donors (Lipinski definition) is 1. The predicted molar refractivity (Wildman–Crippen MR) is 76.3 cm³/mol. The highest BCUT2D eigenvalue weighted by Gasteiger charge is 2.21. The third-order valence-corrected chi connectivity index (χ3v) is 4.73. The summed E-state index contributed by atoms with van der Waals surface area (Å²) < 4.78 is 5.28. The molecule has 1 N–H and O–H groups in total. The molecule has 1 aliphatic rings. The van der Waals surface area contributed by atoms with E-state index < -0.39 is 0 Å². The van der Waals surface area contributed by atoms with Gasteiger partial charge < -0.3 is 10.1 Å². The first kappa shape index (κ1) is 12.6. The zero-order chi connectivity index (χ0) is 12.3. The van der Waals surface area contributed by atoms with E-state index in [2.05, 4.69) is 43.1 Å². The molecule has 2 unspecified atom stereocenters. The van der Waals surface area contributed by atoms with Crippen molar-refractivity contribution in [3.63, 3.8) is 0 Å². The average molecular weight is 251 g/mol. The molecular weight excluding hydrogens is 230 g/mol. The molecule has 3 heteroatoms. The number of ether oxygens (including phenoxy) is 1. The number of benzene rings is 1. The first-order chi connectivity index (χ1) is 8.20. The van der Waals surface area contributed by atoms with Gasteiger partial charge in [-0.05, 0) is 49.3 Å². The summed E-state index contributed by atoms with van der Waals surface area (Å²) in [5.74, 6) is 2.27. The Morgan fingerprint density at radius 1 is 1.41 bits per heavy atom. The van der Waals surface area contributed by atoms with Crippen LogP contribution in [0.15, 0.2) is 18.2 Å². The number of rotatable bonds is 3. The maximum atomic E-state index is 5.28. The van der Waals surface area contributed by atoms with Gasteiger partial charge in [-0.2, -0.15) is 11.8 Å². The van der Waals surface area contributed by atoms with Crippen LogP contribution in [0.5, 0.6) is 5.75 Å². The van der Waals surface area contributed by atoms with E-state index in [1.807, 2.05) is 6.07 Å². The van der Waals surface area contributed by atoms with Crippen LogP contribution < -0.4 is 10.1 Å². The molecule has 2 rings (SSSR count). The molecule has 1 aromatic rings. The minimum atomic E-state index is 0.599. The van der Waals surface area contributed by atoms with Crippen LogP contribution in [-0.2, 0) is 0 Å². The fraction of sp³-hybridized carbons (Fsp3) is 0.571. The lowest BCUT2D eigenvalue weighted by Crippen LogP contribution is -2.32. The van der Waals surface area contributed by atoms with Gasteiger partial charge in [0.25, 0.3) is 0 Å². The van der Waals surface area contributed by atoms with Crippen LogP contribution in [0.2, 0.25) is 0 Å². The molecular formula is C14H21NOS. The van der Waals surface area contributed by atoms with Gasteiger partial charge in [-0.1, -0.05) is 6.92 Å². The van der Waals surface area contributed by atoms with Crippen molar-refractivity contribution in [2.45, 2.75) is 38.0 Å². The summed E-state index contributed by atoms with van der Waals surface area (Å²) in [5, 5.41) is 4.35. The van der Waals surface area contributed by atoms with Gasteiger partial charge in [-0.25, -0.2) is 0 Å². The Balaban J connectivity index is 2.05. The van der Waals surface area contributed by atoms with Crippen LogP contribution >= 0.6 is 11.8 Å². The summed E-state index contributed by atoms with van der Waals surface area (Å²) >= 11 is 2.07. The Labute approximate surface area is 108 Å². The fourth-order valence-corrected chi connectivity index (χ4v) is 3.44.